The van der Waals surface area contributed by atoms with Crippen LogP contribution in [-0.4, -0.2) is 14.2 Å². The Labute approximate surface area is 113 Å². The van der Waals surface area contributed by atoms with Crippen molar-refractivity contribution in [2.45, 2.75) is 17.2 Å². The predicted octanol–water partition coefficient (Wildman–Crippen LogP) is 3.36. The van der Waals surface area contributed by atoms with Crippen molar-refractivity contribution in [3.05, 3.63) is 46.7 Å². The van der Waals surface area contributed by atoms with E-state index in [1.165, 1.54) is 29.5 Å². The molecule has 1 N–H and O–H groups in total. The molecule has 0 saturated carbocycles. The van der Waals surface area contributed by atoms with E-state index in [4.69, 9.17) is 0 Å². The molecule has 0 bridgehead atoms. The van der Waals surface area contributed by atoms with Crippen molar-refractivity contribution >= 4 is 26.9 Å². The molecule has 0 aliphatic heterocycles. The molecular weight excluding hydrogens is 292 g/mol. The van der Waals surface area contributed by atoms with E-state index in [9.17, 15) is 17.2 Å². The highest BCUT2D eigenvalue weighted by Crippen LogP contribution is 2.26. The summed E-state index contributed by atoms with van der Waals surface area (Å²) in [5.74, 6) is -3.42. The average Bonchev–Trinajstić information content (AvgIpc) is 2.89. The van der Waals surface area contributed by atoms with E-state index in [2.05, 4.69) is 5.32 Å². The third-order valence-corrected chi connectivity index (χ3v) is 4.66. The minimum Gasteiger partial charge on any atom is -0.380 e. The van der Waals surface area contributed by atoms with Crippen LogP contribution in [0.25, 0.3) is 0 Å². The number of hydrogen-bond donors (Lipinski definition) is 1. The van der Waals surface area contributed by atoms with Gasteiger partial charge in [0.1, 0.15) is 0 Å². The Balaban J connectivity index is 2.27. The van der Waals surface area contributed by atoms with Gasteiger partial charge in [0.25, 0.3) is 0 Å². The molecule has 0 aliphatic carbocycles. The zero-order valence-electron chi connectivity index (χ0n) is 9.71. The van der Waals surface area contributed by atoms with Crippen LogP contribution in [0.1, 0.15) is 5.56 Å². The van der Waals surface area contributed by atoms with Crippen LogP contribution in [0.15, 0.2) is 46.0 Å². The molecule has 0 amide bonds. The van der Waals surface area contributed by atoms with Gasteiger partial charge in [-0.15, -0.1) is 0 Å². The number of anilines is 1. The molecule has 0 unspecified atom stereocenters. The third-order valence-electron chi connectivity index (χ3n) is 2.49. The molecule has 102 valence electrons. The van der Waals surface area contributed by atoms with Gasteiger partial charge in [-0.25, -0.2) is 8.42 Å². The lowest BCUT2D eigenvalue weighted by Crippen LogP contribution is -2.14. The Hall–Kier alpha value is -1.47. The summed E-state index contributed by atoms with van der Waals surface area (Å²) in [4.78, 5) is -0.375. The fourth-order valence-corrected chi connectivity index (χ4v) is 3.12. The SMILES string of the molecule is O=S(=O)(c1ccccc1NCc1ccsc1)C(F)F. The Kier molecular flexibility index (Phi) is 4.16. The average molecular weight is 303 g/mol. The second-order valence-corrected chi connectivity index (χ2v) is 6.45. The summed E-state index contributed by atoms with van der Waals surface area (Å²) in [6.07, 6.45) is 0. The summed E-state index contributed by atoms with van der Waals surface area (Å²) in [5, 5.41) is 6.66. The van der Waals surface area contributed by atoms with Crippen LogP contribution in [0, 0.1) is 0 Å². The predicted molar refractivity (Wildman–Crippen MR) is 71.3 cm³/mol. The van der Waals surface area contributed by atoms with E-state index < -0.39 is 15.6 Å². The maximum absolute atomic E-state index is 12.6. The number of para-hydroxylation sites is 1. The normalized spacial score (nSPS) is 11.7. The summed E-state index contributed by atoms with van der Waals surface area (Å²) in [6.45, 7) is 0.388. The van der Waals surface area contributed by atoms with Crippen LogP contribution in [0.4, 0.5) is 14.5 Å². The first-order chi connectivity index (χ1) is 9.01. The molecule has 2 aromatic rings. The van der Waals surface area contributed by atoms with E-state index in [1.54, 1.807) is 6.07 Å². The molecule has 0 atom stereocenters. The van der Waals surface area contributed by atoms with Gasteiger partial charge in [0, 0.05) is 6.54 Å². The molecule has 1 aromatic carbocycles. The number of sulfone groups is 1. The van der Waals surface area contributed by atoms with Gasteiger partial charge in [0.2, 0.25) is 9.84 Å². The van der Waals surface area contributed by atoms with Crippen LogP contribution in [0.5, 0.6) is 0 Å². The number of benzene rings is 1. The van der Waals surface area contributed by atoms with Crippen molar-refractivity contribution in [3.8, 4) is 0 Å². The fourth-order valence-electron chi connectivity index (χ4n) is 1.55. The molecule has 2 rings (SSSR count). The molecule has 0 aliphatic rings. The fraction of sp³-hybridized carbons (Fsp3) is 0.167. The van der Waals surface area contributed by atoms with E-state index in [1.807, 2.05) is 16.8 Å². The zero-order valence-corrected chi connectivity index (χ0v) is 11.3. The first kappa shape index (κ1) is 14.0. The maximum atomic E-state index is 12.6. The molecule has 0 spiro atoms. The van der Waals surface area contributed by atoms with E-state index in [0.29, 0.717) is 6.54 Å². The second kappa shape index (κ2) is 5.66. The lowest BCUT2D eigenvalue weighted by molar-refractivity contribution is 0.235. The van der Waals surface area contributed by atoms with Crippen LogP contribution >= 0.6 is 11.3 Å². The van der Waals surface area contributed by atoms with Crippen molar-refractivity contribution in [3.63, 3.8) is 0 Å². The Morgan fingerprint density at radius 3 is 2.58 bits per heavy atom. The third kappa shape index (κ3) is 3.10. The van der Waals surface area contributed by atoms with Gasteiger partial charge in [-0.2, -0.15) is 20.1 Å². The van der Waals surface area contributed by atoms with Gasteiger partial charge in [-0.1, -0.05) is 12.1 Å². The van der Waals surface area contributed by atoms with Gasteiger partial charge < -0.3 is 5.32 Å². The minimum atomic E-state index is -4.59. The Bertz CT molecular complexity index is 640. The van der Waals surface area contributed by atoms with Crippen molar-refractivity contribution in [2.24, 2.45) is 0 Å². The van der Waals surface area contributed by atoms with Crippen LogP contribution < -0.4 is 5.32 Å². The topological polar surface area (TPSA) is 46.2 Å². The largest absolute Gasteiger partial charge is 0.380 e. The van der Waals surface area contributed by atoms with E-state index in [-0.39, 0.29) is 10.6 Å². The smallest absolute Gasteiger partial charge is 0.341 e. The highest BCUT2D eigenvalue weighted by molar-refractivity contribution is 7.91. The van der Waals surface area contributed by atoms with Crippen molar-refractivity contribution in [1.29, 1.82) is 0 Å². The summed E-state index contributed by atoms with van der Waals surface area (Å²) in [7, 11) is -4.59. The van der Waals surface area contributed by atoms with Gasteiger partial charge >= 0.3 is 5.76 Å². The molecule has 1 heterocycles. The molecule has 1 aromatic heterocycles. The second-order valence-electron chi connectivity index (χ2n) is 3.79. The molecule has 0 saturated heterocycles. The van der Waals surface area contributed by atoms with Gasteiger partial charge in [-0.3, -0.25) is 0 Å². The molecule has 3 nitrogen and oxygen atoms in total. The van der Waals surface area contributed by atoms with Gasteiger partial charge in [0.05, 0.1) is 10.6 Å². The monoisotopic (exact) mass is 303 g/mol. The maximum Gasteiger partial charge on any atom is 0.341 e. The van der Waals surface area contributed by atoms with Gasteiger partial charge in [-0.05, 0) is 34.5 Å². The zero-order chi connectivity index (χ0) is 13.9. The number of alkyl halides is 2. The molecule has 19 heavy (non-hydrogen) atoms. The van der Waals surface area contributed by atoms with Gasteiger partial charge in [0.15, 0.2) is 0 Å². The number of halogens is 2. The standard InChI is InChI=1S/C12H11F2NO2S2/c13-12(14)19(16,17)11-4-2-1-3-10(11)15-7-9-5-6-18-8-9/h1-6,8,12,15H,7H2. The molecule has 0 radical (unpaired) electrons. The van der Waals surface area contributed by atoms with E-state index in [0.717, 1.165) is 5.56 Å². The number of rotatable bonds is 5. The van der Waals surface area contributed by atoms with Crippen LogP contribution in [0.3, 0.4) is 0 Å². The molecular formula is C12H11F2NO2S2. The first-order valence-corrected chi connectivity index (χ1v) is 7.87. The quantitative estimate of drug-likeness (QED) is 0.921. The van der Waals surface area contributed by atoms with Crippen LogP contribution in [0.2, 0.25) is 0 Å². The van der Waals surface area contributed by atoms with E-state index >= 15 is 0 Å². The molecule has 7 heteroatoms. The van der Waals surface area contributed by atoms with Crippen LogP contribution in [-0.2, 0) is 16.4 Å². The highest BCUT2D eigenvalue weighted by Gasteiger charge is 2.28. The minimum absolute atomic E-state index is 0.189. The Morgan fingerprint density at radius 1 is 1.21 bits per heavy atom. The molecule has 0 fully saturated rings. The highest BCUT2D eigenvalue weighted by atomic mass is 32.2. The lowest BCUT2D eigenvalue weighted by Gasteiger charge is -2.11. The number of nitrogens with one attached hydrogen (secondary N) is 1. The first-order valence-electron chi connectivity index (χ1n) is 5.38. The summed E-state index contributed by atoms with van der Waals surface area (Å²) < 4.78 is 48.2. The summed E-state index contributed by atoms with van der Waals surface area (Å²) in [6, 6.07) is 7.55. The van der Waals surface area contributed by atoms with Crippen molar-refractivity contribution < 1.29 is 17.2 Å². The lowest BCUT2D eigenvalue weighted by atomic mass is 10.3. The summed E-state index contributed by atoms with van der Waals surface area (Å²) in [5.41, 5.74) is 1.16. The van der Waals surface area contributed by atoms with Crippen molar-refractivity contribution in [1.82, 2.24) is 0 Å². The van der Waals surface area contributed by atoms with Crippen molar-refractivity contribution in [2.75, 3.05) is 5.32 Å². The number of hydrogen-bond acceptors (Lipinski definition) is 4. The Morgan fingerprint density at radius 2 is 1.95 bits per heavy atom. The number of thiophene rings is 1. The summed E-state index contributed by atoms with van der Waals surface area (Å²) >= 11 is 1.51.